The Kier molecular flexibility index (Phi) is 36.2. The van der Waals surface area contributed by atoms with Crippen LogP contribution in [0, 0.1) is 0 Å². The van der Waals surface area contributed by atoms with Gasteiger partial charge >= 0.3 is 10.4 Å². The van der Waals surface area contributed by atoms with E-state index in [-0.39, 0.29) is 6.42 Å². The quantitative estimate of drug-likeness (QED) is 0.0174. The van der Waals surface area contributed by atoms with Gasteiger partial charge < -0.3 is 40.3 Å². The van der Waals surface area contributed by atoms with Crippen LogP contribution in [0.15, 0.2) is 36.5 Å². The fraction of sp³-hybridized carbons (Fsp3) is 0.854. The fourth-order valence-corrected chi connectivity index (χ4v) is 8.10. The van der Waals surface area contributed by atoms with Crippen LogP contribution in [0.1, 0.15) is 200 Å². The minimum Gasteiger partial charge on any atom is -0.394 e. The number of rotatable bonds is 41. The summed E-state index contributed by atoms with van der Waals surface area (Å²) in [6.45, 7) is 3.19. The molecule has 7 N–H and O–H groups in total. The highest BCUT2D eigenvalue weighted by Crippen LogP contribution is 2.26. The number of carbonyl (C=O) groups excluding carboxylic acids is 1. The molecule has 8 unspecified atom stereocenters. The van der Waals surface area contributed by atoms with Crippen LogP contribution in [0.4, 0.5) is 0 Å². The minimum absolute atomic E-state index is 0.229. The van der Waals surface area contributed by atoms with Crippen LogP contribution in [0.2, 0.25) is 0 Å². The number of aliphatic hydroxyl groups is 5. The molecule has 1 saturated heterocycles. The Morgan fingerprint density at radius 2 is 1.08 bits per heavy atom. The summed E-state index contributed by atoms with van der Waals surface area (Å²) in [6.07, 6.45) is 33.7. The summed E-state index contributed by atoms with van der Waals surface area (Å²) in [5, 5.41) is 55.2. The molecule has 0 aliphatic carbocycles. The first-order valence-corrected chi connectivity index (χ1v) is 25.8. The van der Waals surface area contributed by atoms with E-state index in [1.54, 1.807) is 6.08 Å². The largest absolute Gasteiger partial charge is 0.397 e. The average molecular weight is 904 g/mol. The van der Waals surface area contributed by atoms with Crippen LogP contribution in [-0.4, -0.2) is 107 Å². The van der Waals surface area contributed by atoms with Gasteiger partial charge in [-0.25, -0.2) is 4.18 Å². The molecule has 1 aliphatic rings. The molecule has 0 aromatic rings. The Hall–Kier alpha value is -1.72. The summed E-state index contributed by atoms with van der Waals surface area (Å²) in [7, 11) is -5.12. The highest BCUT2D eigenvalue weighted by molar-refractivity contribution is 7.80. The molecule has 0 saturated carbocycles. The molecule has 1 fully saturated rings. The summed E-state index contributed by atoms with van der Waals surface area (Å²) < 4.78 is 47.5. The van der Waals surface area contributed by atoms with Crippen molar-refractivity contribution in [2.75, 3.05) is 13.2 Å². The molecule has 8 atom stereocenters. The highest BCUT2D eigenvalue weighted by atomic mass is 32.3. The zero-order chi connectivity index (χ0) is 45.7. The number of ether oxygens (including phenoxy) is 2. The summed E-state index contributed by atoms with van der Waals surface area (Å²) in [6, 6.07) is -1.14. The summed E-state index contributed by atoms with van der Waals surface area (Å²) in [5.41, 5.74) is 0. The van der Waals surface area contributed by atoms with Crippen LogP contribution in [0.3, 0.4) is 0 Å². The number of hydrogen-bond donors (Lipinski definition) is 7. The lowest BCUT2D eigenvalue weighted by Gasteiger charge is -2.41. The van der Waals surface area contributed by atoms with Gasteiger partial charge in [0.25, 0.3) is 0 Å². The van der Waals surface area contributed by atoms with Gasteiger partial charge in [-0.1, -0.05) is 179 Å². The van der Waals surface area contributed by atoms with Crippen molar-refractivity contribution in [3.05, 3.63) is 36.5 Å². The van der Waals surface area contributed by atoms with Crippen LogP contribution >= 0.6 is 0 Å². The molecule has 0 bridgehead atoms. The Bertz CT molecular complexity index is 1260. The maximum Gasteiger partial charge on any atom is 0.397 e. The van der Waals surface area contributed by atoms with E-state index in [0.29, 0.717) is 12.8 Å². The third kappa shape index (κ3) is 30.4. The Balaban J connectivity index is 2.59. The van der Waals surface area contributed by atoms with E-state index in [1.807, 2.05) is 0 Å². The van der Waals surface area contributed by atoms with E-state index < -0.39 is 78.5 Å². The molecular formula is C48H89NO12S. The van der Waals surface area contributed by atoms with Crippen LogP contribution < -0.4 is 5.32 Å². The molecule has 0 aromatic heterocycles. The monoisotopic (exact) mass is 904 g/mol. The van der Waals surface area contributed by atoms with Crippen molar-refractivity contribution in [2.24, 2.45) is 0 Å². The van der Waals surface area contributed by atoms with E-state index in [1.165, 1.54) is 109 Å². The van der Waals surface area contributed by atoms with Gasteiger partial charge in [0.15, 0.2) is 6.29 Å². The molecule has 13 nitrogen and oxygen atoms in total. The van der Waals surface area contributed by atoms with Crippen molar-refractivity contribution in [2.45, 2.75) is 249 Å². The molecule has 0 radical (unpaired) electrons. The standard InChI is InChI=1S/C48H89NO12S/c1-3-5-7-9-11-13-15-17-19-20-21-22-23-25-26-28-30-32-34-36-41(51)40(39-59-48-45(54)46(61-62(56,57)58)44(53)43(38-50)60-48)49-47(55)42(52)37-35-33-31-29-27-24-18-16-14-12-10-8-6-4-2/h14,16,26,28,34,36,40-46,48,50-54H,3-13,15,17-25,27,29-33,35,37-39H2,1-2H3,(H,49,55)(H,56,57,58)/b16-14-,28-26+,36-34+. The predicted octanol–water partition coefficient (Wildman–Crippen LogP) is 8.86. The molecule has 364 valence electrons. The van der Waals surface area contributed by atoms with E-state index in [0.717, 1.165) is 64.2 Å². The number of carbonyl (C=O) groups is 1. The molecule has 1 aliphatic heterocycles. The van der Waals surface area contributed by atoms with Gasteiger partial charge in [0.1, 0.15) is 30.5 Å². The van der Waals surface area contributed by atoms with E-state index in [9.17, 15) is 43.3 Å². The first-order chi connectivity index (χ1) is 29.9. The predicted molar refractivity (Wildman–Crippen MR) is 247 cm³/mol. The SMILES string of the molecule is CCCCCC/C=C\CCCCCCCCC(O)C(=O)NC(COC1OC(CO)C(O)C(OS(=O)(=O)O)C1O)C(O)/C=C/CC/C=C/CCCCCCCCCCCCCCC. The van der Waals surface area contributed by atoms with Gasteiger partial charge in [0.05, 0.1) is 25.4 Å². The molecule has 14 heteroatoms. The van der Waals surface area contributed by atoms with Crippen molar-refractivity contribution < 1.29 is 57.0 Å². The molecule has 0 aromatic carbocycles. The first-order valence-electron chi connectivity index (χ1n) is 24.5. The topological polar surface area (TPSA) is 212 Å². The maximum atomic E-state index is 13.1. The van der Waals surface area contributed by atoms with Crippen molar-refractivity contribution >= 4 is 16.3 Å². The average Bonchev–Trinajstić information content (AvgIpc) is 3.24. The van der Waals surface area contributed by atoms with Crippen molar-refractivity contribution in [1.29, 1.82) is 0 Å². The first kappa shape index (κ1) is 58.3. The third-order valence-corrected chi connectivity index (χ3v) is 12.0. The van der Waals surface area contributed by atoms with Crippen molar-refractivity contribution in [3.8, 4) is 0 Å². The van der Waals surface area contributed by atoms with Gasteiger partial charge in [0.2, 0.25) is 5.91 Å². The molecular weight excluding hydrogens is 815 g/mol. The number of unbranched alkanes of at least 4 members (excludes halogenated alkanes) is 24. The minimum atomic E-state index is -5.12. The number of hydrogen-bond acceptors (Lipinski definition) is 11. The highest BCUT2D eigenvalue weighted by Gasteiger charge is 2.48. The molecule has 62 heavy (non-hydrogen) atoms. The Morgan fingerprint density at radius 3 is 1.56 bits per heavy atom. The zero-order valence-electron chi connectivity index (χ0n) is 38.5. The fourth-order valence-electron chi connectivity index (χ4n) is 7.59. The van der Waals surface area contributed by atoms with E-state index in [4.69, 9.17) is 9.47 Å². The molecule has 1 rings (SSSR count). The molecule has 1 amide bonds. The second-order valence-electron chi connectivity index (χ2n) is 17.2. The second kappa shape index (κ2) is 38.5. The van der Waals surface area contributed by atoms with Gasteiger partial charge in [-0.3, -0.25) is 9.35 Å². The van der Waals surface area contributed by atoms with Crippen molar-refractivity contribution in [3.63, 3.8) is 0 Å². The lowest BCUT2D eigenvalue weighted by atomic mass is 9.99. The normalized spacial score (nSPS) is 21.3. The van der Waals surface area contributed by atoms with Gasteiger partial charge in [-0.2, -0.15) is 8.42 Å². The number of nitrogens with one attached hydrogen (secondary N) is 1. The molecule has 0 spiro atoms. The zero-order valence-corrected chi connectivity index (χ0v) is 39.4. The molecule has 1 heterocycles. The smallest absolute Gasteiger partial charge is 0.394 e. The van der Waals surface area contributed by atoms with Crippen molar-refractivity contribution in [1.82, 2.24) is 5.32 Å². The Morgan fingerprint density at radius 1 is 0.645 bits per heavy atom. The third-order valence-electron chi connectivity index (χ3n) is 11.5. The lowest BCUT2D eigenvalue weighted by molar-refractivity contribution is -0.298. The lowest BCUT2D eigenvalue weighted by Crippen LogP contribution is -2.61. The second-order valence-corrected chi connectivity index (χ2v) is 18.2. The summed E-state index contributed by atoms with van der Waals surface area (Å²) in [5.74, 6) is -0.718. The van der Waals surface area contributed by atoms with E-state index in [2.05, 4.69) is 47.7 Å². The van der Waals surface area contributed by atoms with Crippen LogP contribution in [0.25, 0.3) is 0 Å². The number of aliphatic hydroxyl groups excluding tert-OH is 5. The summed E-state index contributed by atoms with van der Waals surface area (Å²) in [4.78, 5) is 13.1. The maximum absolute atomic E-state index is 13.1. The Labute approximate surface area is 376 Å². The van der Waals surface area contributed by atoms with E-state index >= 15 is 0 Å². The van der Waals surface area contributed by atoms with Gasteiger partial charge in [-0.05, 0) is 57.8 Å². The number of allylic oxidation sites excluding steroid dienone is 5. The number of amides is 1. The van der Waals surface area contributed by atoms with Crippen LogP contribution in [0.5, 0.6) is 0 Å². The van der Waals surface area contributed by atoms with Crippen LogP contribution in [-0.2, 0) is 28.9 Å². The summed E-state index contributed by atoms with van der Waals surface area (Å²) >= 11 is 0. The van der Waals surface area contributed by atoms with Gasteiger partial charge in [-0.15, -0.1) is 0 Å². The van der Waals surface area contributed by atoms with Gasteiger partial charge in [0, 0.05) is 0 Å².